The number of rotatable bonds is 5. The Hall–Kier alpha value is -3.97. The number of hydrogen-bond donors (Lipinski definition) is 0. The van der Waals surface area contributed by atoms with Gasteiger partial charge in [-0.25, -0.2) is 9.48 Å². The van der Waals surface area contributed by atoms with Crippen LogP contribution >= 0.6 is 11.3 Å². The topological polar surface area (TPSA) is 68.3 Å². The van der Waals surface area contributed by atoms with Gasteiger partial charge in [-0.15, -0.1) is 11.3 Å². The average molecular weight is 442 g/mol. The van der Waals surface area contributed by atoms with Gasteiger partial charge in [0.1, 0.15) is 16.8 Å². The Bertz CT molecular complexity index is 1450. The number of benzene rings is 2. The van der Waals surface area contributed by atoms with Crippen LogP contribution in [0.15, 0.2) is 93.6 Å². The number of amides is 1. The second-order valence-corrected chi connectivity index (χ2v) is 8.35. The minimum Gasteiger partial charge on any atom is -0.422 e. The van der Waals surface area contributed by atoms with Gasteiger partial charge in [-0.2, -0.15) is 5.10 Å². The third kappa shape index (κ3) is 3.74. The lowest BCUT2D eigenvalue weighted by molar-refractivity contribution is 0.0781. The molecular formula is C25H19N3O3S. The molecular weight excluding hydrogens is 422 g/mol. The first-order chi connectivity index (χ1) is 15.6. The van der Waals surface area contributed by atoms with Gasteiger partial charge in [0.2, 0.25) is 0 Å². The Labute approximate surface area is 188 Å². The number of thiophene rings is 1. The van der Waals surface area contributed by atoms with Crippen molar-refractivity contribution < 1.29 is 9.21 Å². The van der Waals surface area contributed by atoms with Crippen molar-refractivity contribution in [3.63, 3.8) is 0 Å². The van der Waals surface area contributed by atoms with Gasteiger partial charge < -0.3 is 9.32 Å². The van der Waals surface area contributed by atoms with Crippen molar-refractivity contribution in [1.29, 1.82) is 0 Å². The summed E-state index contributed by atoms with van der Waals surface area (Å²) in [6.45, 7) is 0.297. The number of fused-ring (bicyclic) bond motifs is 1. The second kappa shape index (κ2) is 8.28. The zero-order valence-corrected chi connectivity index (χ0v) is 18.1. The molecule has 0 spiro atoms. The van der Waals surface area contributed by atoms with Crippen molar-refractivity contribution in [3.05, 3.63) is 106 Å². The zero-order valence-electron chi connectivity index (χ0n) is 17.3. The molecule has 0 saturated heterocycles. The van der Waals surface area contributed by atoms with Crippen molar-refractivity contribution in [1.82, 2.24) is 14.7 Å². The third-order valence-electron chi connectivity index (χ3n) is 5.19. The Morgan fingerprint density at radius 3 is 2.62 bits per heavy atom. The number of para-hydroxylation sites is 2. The van der Waals surface area contributed by atoms with E-state index in [1.807, 2.05) is 70.9 Å². The minimum atomic E-state index is -0.640. The van der Waals surface area contributed by atoms with Crippen LogP contribution in [-0.2, 0) is 6.54 Å². The van der Waals surface area contributed by atoms with Gasteiger partial charge in [-0.05, 0) is 35.7 Å². The van der Waals surface area contributed by atoms with E-state index in [-0.39, 0.29) is 5.56 Å². The molecule has 0 N–H and O–H groups in total. The van der Waals surface area contributed by atoms with Crippen LogP contribution in [0.2, 0.25) is 0 Å². The first-order valence-electron chi connectivity index (χ1n) is 10.1. The summed E-state index contributed by atoms with van der Waals surface area (Å²) in [4.78, 5) is 28.1. The minimum absolute atomic E-state index is 0.0133. The van der Waals surface area contributed by atoms with Gasteiger partial charge in [-0.3, -0.25) is 4.79 Å². The van der Waals surface area contributed by atoms with Crippen LogP contribution in [0.3, 0.4) is 0 Å². The maximum atomic E-state index is 13.1. The Morgan fingerprint density at radius 1 is 1.06 bits per heavy atom. The van der Waals surface area contributed by atoms with Gasteiger partial charge in [0.05, 0.1) is 10.6 Å². The summed E-state index contributed by atoms with van der Waals surface area (Å²) >= 11 is 1.59. The molecule has 0 atom stereocenters. The molecule has 0 saturated carbocycles. The largest absolute Gasteiger partial charge is 0.422 e. The molecule has 3 heterocycles. The first-order valence-corrected chi connectivity index (χ1v) is 10.9. The molecule has 32 heavy (non-hydrogen) atoms. The molecule has 3 aromatic heterocycles. The van der Waals surface area contributed by atoms with E-state index < -0.39 is 11.5 Å². The highest BCUT2D eigenvalue weighted by atomic mass is 32.1. The van der Waals surface area contributed by atoms with Crippen LogP contribution in [0, 0.1) is 0 Å². The van der Waals surface area contributed by atoms with Gasteiger partial charge in [0, 0.05) is 30.7 Å². The summed E-state index contributed by atoms with van der Waals surface area (Å²) in [5.74, 6) is -0.394. The summed E-state index contributed by atoms with van der Waals surface area (Å²) in [5.41, 5.74) is 2.46. The molecule has 0 radical (unpaired) electrons. The van der Waals surface area contributed by atoms with E-state index in [4.69, 9.17) is 9.52 Å². The zero-order chi connectivity index (χ0) is 22.1. The third-order valence-corrected chi connectivity index (χ3v) is 6.07. The number of aromatic nitrogens is 2. The quantitative estimate of drug-likeness (QED) is 0.361. The standard InChI is InChI=1S/C25H19N3O3S/c1-27(24(29)20-14-17-8-5-6-11-21(17)31-25(20)30)15-18-16-28(19-9-3-2-4-10-19)26-23(18)22-12-7-13-32-22/h2-14,16H,15H2,1H3. The van der Waals surface area contributed by atoms with Crippen LogP contribution in [0.5, 0.6) is 0 Å². The van der Waals surface area contributed by atoms with Crippen molar-refractivity contribution in [2.24, 2.45) is 0 Å². The fraction of sp³-hybridized carbons (Fsp3) is 0.0800. The molecule has 0 aliphatic rings. The highest BCUT2D eigenvalue weighted by Crippen LogP contribution is 2.28. The predicted octanol–water partition coefficient (Wildman–Crippen LogP) is 4.98. The smallest absolute Gasteiger partial charge is 0.349 e. The Balaban J connectivity index is 1.49. The van der Waals surface area contributed by atoms with Crippen LogP contribution in [0.25, 0.3) is 27.2 Å². The lowest BCUT2D eigenvalue weighted by atomic mass is 10.1. The lowest BCUT2D eigenvalue weighted by Crippen LogP contribution is -2.30. The molecule has 5 aromatic rings. The molecule has 158 valence electrons. The monoisotopic (exact) mass is 441 g/mol. The van der Waals surface area contributed by atoms with Crippen LogP contribution < -0.4 is 5.63 Å². The maximum Gasteiger partial charge on any atom is 0.349 e. The highest BCUT2D eigenvalue weighted by Gasteiger charge is 2.21. The summed E-state index contributed by atoms with van der Waals surface area (Å²) < 4.78 is 7.15. The van der Waals surface area contributed by atoms with E-state index >= 15 is 0 Å². The Morgan fingerprint density at radius 2 is 1.84 bits per heavy atom. The van der Waals surface area contributed by atoms with Crippen molar-refractivity contribution in [3.8, 4) is 16.3 Å². The van der Waals surface area contributed by atoms with Gasteiger partial charge in [0.15, 0.2) is 0 Å². The second-order valence-electron chi connectivity index (χ2n) is 7.41. The predicted molar refractivity (Wildman–Crippen MR) is 125 cm³/mol. The fourth-order valence-electron chi connectivity index (χ4n) is 3.60. The van der Waals surface area contributed by atoms with E-state index in [0.29, 0.717) is 17.5 Å². The van der Waals surface area contributed by atoms with Crippen LogP contribution in [0.1, 0.15) is 15.9 Å². The SMILES string of the molecule is CN(Cc1cn(-c2ccccc2)nc1-c1cccs1)C(=O)c1cc2ccccc2oc1=O. The number of nitrogens with zero attached hydrogens (tertiary/aromatic N) is 3. The number of hydrogen-bond acceptors (Lipinski definition) is 5. The molecule has 5 rings (SSSR count). The summed E-state index contributed by atoms with van der Waals surface area (Å²) in [6, 6.07) is 22.5. The summed E-state index contributed by atoms with van der Waals surface area (Å²) in [6.07, 6.45) is 1.93. The number of carbonyl (C=O) groups excluding carboxylic acids is 1. The average Bonchev–Trinajstić information content (AvgIpc) is 3.49. The molecule has 1 amide bonds. The molecule has 0 aliphatic carbocycles. The van der Waals surface area contributed by atoms with Crippen molar-refractivity contribution >= 4 is 28.2 Å². The van der Waals surface area contributed by atoms with E-state index in [9.17, 15) is 9.59 Å². The van der Waals surface area contributed by atoms with E-state index in [0.717, 1.165) is 21.8 Å². The van der Waals surface area contributed by atoms with E-state index in [2.05, 4.69) is 0 Å². The number of carbonyl (C=O) groups is 1. The fourth-order valence-corrected chi connectivity index (χ4v) is 4.35. The van der Waals surface area contributed by atoms with Crippen LogP contribution in [-0.4, -0.2) is 27.6 Å². The molecule has 0 bridgehead atoms. The molecule has 0 aliphatic heterocycles. The molecule has 6 nitrogen and oxygen atoms in total. The first kappa shape index (κ1) is 20.0. The normalized spacial score (nSPS) is 11.0. The summed E-state index contributed by atoms with van der Waals surface area (Å²) in [5, 5.41) is 7.48. The molecule has 0 unspecified atom stereocenters. The van der Waals surface area contributed by atoms with Crippen LogP contribution in [0.4, 0.5) is 0 Å². The lowest BCUT2D eigenvalue weighted by Gasteiger charge is -2.16. The molecule has 0 fully saturated rings. The van der Waals surface area contributed by atoms with Gasteiger partial charge >= 0.3 is 5.63 Å². The van der Waals surface area contributed by atoms with Gasteiger partial charge in [0.25, 0.3) is 5.91 Å². The molecule has 7 heteroatoms. The van der Waals surface area contributed by atoms with Crippen molar-refractivity contribution in [2.75, 3.05) is 7.05 Å². The summed E-state index contributed by atoms with van der Waals surface area (Å²) in [7, 11) is 1.68. The van der Waals surface area contributed by atoms with Gasteiger partial charge in [-0.1, -0.05) is 42.5 Å². The Kier molecular flexibility index (Phi) is 5.17. The molecule has 2 aromatic carbocycles. The van der Waals surface area contributed by atoms with E-state index in [1.165, 1.54) is 4.90 Å². The maximum absolute atomic E-state index is 13.1. The van der Waals surface area contributed by atoms with E-state index in [1.54, 1.807) is 36.6 Å². The highest BCUT2D eigenvalue weighted by molar-refractivity contribution is 7.13. The van der Waals surface area contributed by atoms with Crippen molar-refractivity contribution in [2.45, 2.75) is 6.54 Å².